The van der Waals surface area contributed by atoms with Crippen molar-refractivity contribution in [3.05, 3.63) is 17.6 Å². The number of aryl methyl sites for hydroxylation is 1. The van der Waals surface area contributed by atoms with Crippen molar-refractivity contribution in [2.24, 2.45) is 5.73 Å². The van der Waals surface area contributed by atoms with Crippen LogP contribution in [-0.4, -0.2) is 66.7 Å². The summed E-state index contributed by atoms with van der Waals surface area (Å²) in [5.74, 6) is 2.00. The van der Waals surface area contributed by atoms with E-state index in [2.05, 4.69) is 20.9 Å². The van der Waals surface area contributed by atoms with Crippen LogP contribution in [0.25, 0.3) is 0 Å². The minimum atomic E-state index is -0.232. The number of rotatable bonds is 5. The van der Waals surface area contributed by atoms with Gasteiger partial charge in [-0.05, 0) is 26.3 Å². The Labute approximate surface area is 143 Å². The molecule has 2 fully saturated rings. The number of morpholine rings is 1. The maximum Gasteiger partial charge on any atom is 0.218 e. The number of hydrogen-bond donors (Lipinski definition) is 1. The minimum Gasteiger partial charge on any atom is -0.378 e. The van der Waals surface area contributed by atoms with E-state index in [9.17, 15) is 4.79 Å². The predicted molar refractivity (Wildman–Crippen MR) is 92.0 cm³/mol. The Bertz CT molecular complexity index is 574. The number of hydrogen-bond acceptors (Lipinski definition) is 6. The van der Waals surface area contributed by atoms with Gasteiger partial charge in [-0.2, -0.15) is 0 Å². The highest BCUT2D eigenvalue weighted by atomic mass is 16.5. The van der Waals surface area contributed by atoms with E-state index in [1.54, 1.807) is 0 Å². The topological polar surface area (TPSA) is 84.6 Å². The largest absolute Gasteiger partial charge is 0.378 e. The van der Waals surface area contributed by atoms with Crippen LogP contribution in [0.3, 0.4) is 0 Å². The first kappa shape index (κ1) is 17.1. The van der Waals surface area contributed by atoms with E-state index in [1.165, 1.54) is 0 Å². The smallest absolute Gasteiger partial charge is 0.218 e. The van der Waals surface area contributed by atoms with Gasteiger partial charge < -0.3 is 20.3 Å². The number of carbonyl (C=O) groups is 1. The maximum atomic E-state index is 11.0. The number of ether oxygens (including phenoxy) is 1. The molecule has 2 N–H and O–H groups in total. The number of likely N-dealkylation sites (tertiary alicyclic amines) is 1. The fraction of sp³-hybridized carbons (Fsp3) is 0.706. The van der Waals surface area contributed by atoms with Crippen LogP contribution in [0.5, 0.6) is 0 Å². The fourth-order valence-corrected chi connectivity index (χ4v) is 3.51. The Balaban J connectivity index is 1.70. The van der Waals surface area contributed by atoms with E-state index in [4.69, 9.17) is 15.5 Å². The number of carbonyl (C=O) groups excluding carboxylic acids is 1. The lowest BCUT2D eigenvalue weighted by atomic mass is 9.94. The van der Waals surface area contributed by atoms with E-state index in [0.29, 0.717) is 12.3 Å². The molecule has 1 aromatic heterocycles. The molecule has 2 aliphatic heterocycles. The first-order valence-corrected chi connectivity index (χ1v) is 8.81. The normalized spacial score (nSPS) is 22.5. The quantitative estimate of drug-likeness (QED) is 0.853. The second kappa shape index (κ2) is 7.90. The zero-order chi connectivity index (χ0) is 16.9. The van der Waals surface area contributed by atoms with Gasteiger partial charge in [0.1, 0.15) is 11.6 Å². The molecule has 3 rings (SSSR count). The third-order valence-corrected chi connectivity index (χ3v) is 4.78. The van der Waals surface area contributed by atoms with Crippen LogP contribution in [0.4, 0.5) is 5.82 Å². The molecular weight excluding hydrogens is 306 g/mol. The summed E-state index contributed by atoms with van der Waals surface area (Å²) < 4.78 is 5.43. The van der Waals surface area contributed by atoms with Crippen molar-refractivity contribution >= 4 is 11.7 Å². The lowest BCUT2D eigenvalue weighted by Crippen LogP contribution is -2.38. The number of primary amides is 1. The van der Waals surface area contributed by atoms with Crippen molar-refractivity contribution in [1.29, 1.82) is 0 Å². The van der Waals surface area contributed by atoms with Gasteiger partial charge in [-0.25, -0.2) is 9.97 Å². The van der Waals surface area contributed by atoms with Gasteiger partial charge in [-0.15, -0.1) is 0 Å². The van der Waals surface area contributed by atoms with Crippen LogP contribution in [-0.2, 0) is 9.53 Å². The molecule has 1 atom stereocenters. The number of amides is 1. The van der Waals surface area contributed by atoms with E-state index in [0.717, 1.165) is 76.1 Å². The molecule has 0 bridgehead atoms. The van der Waals surface area contributed by atoms with Crippen molar-refractivity contribution in [3.8, 4) is 0 Å². The van der Waals surface area contributed by atoms with Crippen LogP contribution < -0.4 is 10.6 Å². The lowest BCUT2D eigenvalue weighted by Gasteiger charge is -2.33. The highest BCUT2D eigenvalue weighted by molar-refractivity contribution is 5.73. The van der Waals surface area contributed by atoms with Crippen molar-refractivity contribution in [2.45, 2.75) is 32.1 Å². The van der Waals surface area contributed by atoms with Gasteiger partial charge in [0.05, 0.1) is 18.9 Å². The molecule has 0 radical (unpaired) electrons. The zero-order valence-corrected chi connectivity index (χ0v) is 14.4. The lowest BCUT2D eigenvalue weighted by molar-refractivity contribution is -0.118. The van der Waals surface area contributed by atoms with Gasteiger partial charge in [0.2, 0.25) is 5.91 Å². The van der Waals surface area contributed by atoms with Gasteiger partial charge in [0.15, 0.2) is 0 Å². The molecular formula is C17H27N5O2. The molecule has 132 valence electrons. The monoisotopic (exact) mass is 333 g/mol. The Hall–Kier alpha value is -1.73. The number of nitrogens with zero attached hydrogens (tertiary/aromatic N) is 4. The molecule has 0 spiro atoms. The third-order valence-electron chi connectivity index (χ3n) is 4.78. The molecule has 0 aromatic carbocycles. The molecule has 24 heavy (non-hydrogen) atoms. The standard InChI is InChI=1S/C17H27N5O2/c1-13-19-15(11-17(20-13)22-7-9-24-10-8-22)14-3-2-5-21(12-14)6-4-16(18)23/h11,14H,2-10,12H2,1H3,(H2,18,23). The van der Waals surface area contributed by atoms with Crippen LogP contribution in [0.15, 0.2) is 6.07 Å². The Morgan fingerprint density at radius 2 is 2.12 bits per heavy atom. The number of piperidine rings is 1. The number of aromatic nitrogens is 2. The van der Waals surface area contributed by atoms with Crippen molar-refractivity contribution < 1.29 is 9.53 Å². The predicted octanol–water partition coefficient (Wildman–Crippen LogP) is 0.676. The van der Waals surface area contributed by atoms with Crippen LogP contribution >= 0.6 is 0 Å². The van der Waals surface area contributed by atoms with E-state index >= 15 is 0 Å². The van der Waals surface area contributed by atoms with Gasteiger partial charge in [-0.1, -0.05) is 0 Å². The summed E-state index contributed by atoms with van der Waals surface area (Å²) in [5, 5.41) is 0. The summed E-state index contributed by atoms with van der Waals surface area (Å²) in [5.41, 5.74) is 6.39. The fourth-order valence-electron chi connectivity index (χ4n) is 3.51. The molecule has 7 nitrogen and oxygen atoms in total. The number of nitrogens with two attached hydrogens (primary N) is 1. The molecule has 0 aliphatic carbocycles. The van der Waals surface area contributed by atoms with Gasteiger partial charge in [-0.3, -0.25) is 4.79 Å². The molecule has 2 saturated heterocycles. The van der Waals surface area contributed by atoms with Crippen LogP contribution in [0.1, 0.15) is 36.7 Å². The summed E-state index contributed by atoms with van der Waals surface area (Å²) >= 11 is 0. The summed E-state index contributed by atoms with van der Waals surface area (Å²) in [6, 6.07) is 2.14. The summed E-state index contributed by atoms with van der Waals surface area (Å²) in [4.78, 5) is 24.9. The van der Waals surface area contributed by atoms with E-state index in [-0.39, 0.29) is 5.91 Å². The zero-order valence-electron chi connectivity index (χ0n) is 14.4. The van der Waals surface area contributed by atoms with E-state index < -0.39 is 0 Å². The van der Waals surface area contributed by atoms with Crippen molar-refractivity contribution in [2.75, 3.05) is 50.8 Å². The number of anilines is 1. The summed E-state index contributed by atoms with van der Waals surface area (Å²) in [6.07, 6.45) is 2.68. The first-order valence-electron chi connectivity index (χ1n) is 8.81. The van der Waals surface area contributed by atoms with E-state index in [1.807, 2.05) is 6.92 Å². The summed E-state index contributed by atoms with van der Waals surface area (Å²) in [7, 11) is 0. The van der Waals surface area contributed by atoms with Crippen LogP contribution in [0.2, 0.25) is 0 Å². The highest BCUT2D eigenvalue weighted by Gasteiger charge is 2.24. The first-order chi connectivity index (χ1) is 11.6. The average Bonchev–Trinajstić information content (AvgIpc) is 2.60. The van der Waals surface area contributed by atoms with Gasteiger partial charge in [0.25, 0.3) is 0 Å². The summed E-state index contributed by atoms with van der Waals surface area (Å²) in [6.45, 7) is 7.94. The Morgan fingerprint density at radius 1 is 1.33 bits per heavy atom. The highest BCUT2D eigenvalue weighted by Crippen LogP contribution is 2.28. The molecule has 0 saturated carbocycles. The van der Waals surface area contributed by atoms with Gasteiger partial charge >= 0.3 is 0 Å². The molecule has 1 aromatic rings. The second-order valence-corrected chi connectivity index (χ2v) is 6.65. The Morgan fingerprint density at radius 3 is 2.88 bits per heavy atom. The molecule has 1 amide bonds. The molecule has 1 unspecified atom stereocenters. The molecule has 7 heteroatoms. The Kier molecular flexibility index (Phi) is 5.63. The average molecular weight is 333 g/mol. The van der Waals surface area contributed by atoms with Crippen LogP contribution in [0, 0.1) is 6.92 Å². The molecule has 2 aliphatic rings. The third kappa shape index (κ3) is 4.42. The van der Waals surface area contributed by atoms with Gasteiger partial charge in [0, 0.05) is 44.6 Å². The molecule has 3 heterocycles. The second-order valence-electron chi connectivity index (χ2n) is 6.65. The van der Waals surface area contributed by atoms with Crippen molar-refractivity contribution in [1.82, 2.24) is 14.9 Å². The maximum absolute atomic E-state index is 11.0. The SMILES string of the molecule is Cc1nc(C2CCCN(CCC(N)=O)C2)cc(N2CCOCC2)n1. The van der Waals surface area contributed by atoms with Crippen molar-refractivity contribution in [3.63, 3.8) is 0 Å². The minimum absolute atomic E-state index is 0.232.